The Morgan fingerprint density at radius 3 is 2.79 bits per heavy atom. The topological polar surface area (TPSA) is 49.2 Å². The monoisotopic (exact) mass is 261 g/mol. The van der Waals surface area contributed by atoms with Gasteiger partial charge in [0, 0.05) is 24.5 Å². The average molecular weight is 261 g/mol. The lowest BCUT2D eigenvalue weighted by molar-refractivity contribution is 0.161. The number of anilines is 1. The van der Waals surface area contributed by atoms with Gasteiger partial charge in [0.2, 0.25) is 5.95 Å². The molecule has 2 aliphatic rings. The molecule has 0 aromatic carbocycles. The van der Waals surface area contributed by atoms with Crippen LogP contribution in [0.25, 0.3) is 0 Å². The van der Waals surface area contributed by atoms with Crippen molar-refractivity contribution >= 4 is 5.95 Å². The van der Waals surface area contributed by atoms with Crippen LogP contribution in [0.1, 0.15) is 49.1 Å². The van der Waals surface area contributed by atoms with Crippen molar-refractivity contribution in [2.45, 2.75) is 58.0 Å². The predicted octanol–water partition coefficient (Wildman–Crippen LogP) is 2.02. The van der Waals surface area contributed by atoms with Gasteiger partial charge in [-0.15, -0.1) is 0 Å². The zero-order chi connectivity index (χ0) is 13.2. The van der Waals surface area contributed by atoms with Crippen molar-refractivity contribution in [3.63, 3.8) is 0 Å². The van der Waals surface area contributed by atoms with Crippen molar-refractivity contribution in [1.82, 2.24) is 9.97 Å². The summed E-state index contributed by atoms with van der Waals surface area (Å²) in [6.07, 6.45) is 7.38. The lowest BCUT2D eigenvalue weighted by Gasteiger charge is -2.24. The number of rotatable bonds is 1. The molecule has 1 aromatic rings. The number of aliphatic hydroxyl groups excluding tert-OH is 1. The molecule has 0 saturated carbocycles. The second-order valence-corrected chi connectivity index (χ2v) is 5.81. The highest BCUT2D eigenvalue weighted by Gasteiger charge is 2.20. The highest BCUT2D eigenvalue weighted by atomic mass is 16.3. The van der Waals surface area contributed by atoms with Gasteiger partial charge in [0.1, 0.15) is 0 Å². The van der Waals surface area contributed by atoms with E-state index in [1.807, 2.05) is 0 Å². The van der Waals surface area contributed by atoms with E-state index in [9.17, 15) is 5.11 Å². The smallest absolute Gasteiger partial charge is 0.225 e. The van der Waals surface area contributed by atoms with Crippen LogP contribution < -0.4 is 4.90 Å². The molecule has 1 atom stereocenters. The number of nitrogens with zero attached hydrogens (tertiary/aromatic N) is 3. The molecule has 1 fully saturated rings. The molecule has 104 valence electrons. The number of hydrogen-bond donors (Lipinski definition) is 1. The van der Waals surface area contributed by atoms with Crippen LogP contribution in [-0.4, -0.2) is 34.3 Å². The Labute approximate surface area is 114 Å². The Kier molecular flexibility index (Phi) is 3.69. The van der Waals surface area contributed by atoms with E-state index in [0.29, 0.717) is 0 Å². The Morgan fingerprint density at radius 2 is 1.89 bits per heavy atom. The van der Waals surface area contributed by atoms with Crippen molar-refractivity contribution in [2.75, 3.05) is 18.0 Å². The van der Waals surface area contributed by atoms with Crippen LogP contribution in [0.15, 0.2) is 0 Å². The maximum atomic E-state index is 9.73. The SMILES string of the molecule is Cc1nc(N2CCCC(O)CC2)nc2c1CCCC2. The molecular weight excluding hydrogens is 238 g/mol. The van der Waals surface area contributed by atoms with E-state index in [2.05, 4.69) is 11.8 Å². The van der Waals surface area contributed by atoms with Gasteiger partial charge in [-0.05, 0) is 57.4 Å². The standard InChI is InChI=1S/C15H23N3O/c1-11-13-6-2-3-7-14(13)17-15(16-11)18-9-4-5-12(19)8-10-18/h12,19H,2-10H2,1H3. The van der Waals surface area contributed by atoms with Crippen molar-refractivity contribution in [1.29, 1.82) is 0 Å². The fraction of sp³-hybridized carbons (Fsp3) is 0.733. The first-order valence-electron chi connectivity index (χ1n) is 7.53. The van der Waals surface area contributed by atoms with Crippen molar-refractivity contribution in [3.05, 3.63) is 17.0 Å². The van der Waals surface area contributed by atoms with Gasteiger partial charge < -0.3 is 10.0 Å². The van der Waals surface area contributed by atoms with Gasteiger partial charge in [-0.25, -0.2) is 9.97 Å². The lowest BCUT2D eigenvalue weighted by Crippen LogP contribution is -2.28. The van der Waals surface area contributed by atoms with Crippen LogP contribution in [0, 0.1) is 6.92 Å². The second kappa shape index (κ2) is 5.45. The summed E-state index contributed by atoms with van der Waals surface area (Å²) in [4.78, 5) is 11.8. The molecular formula is C15H23N3O. The number of aromatic nitrogens is 2. The Bertz CT molecular complexity index is 461. The molecule has 4 nitrogen and oxygen atoms in total. The Hall–Kier alpha value is -1.16. The summed E-state index contributed by atoms with van der Waals surface area (Å²) in [5, 5.41) is 9.73. The highest BCUT2D eigenvalue weighted by Crippen LogP contribution is 2.25. The van der Waals surface area contributed by atoms with Gasteiger partial charge in [0.15, 0.2) is 0 Å². The van der Waals surface area contributed by atoms with Crippen LogP contribution in [0.2, 0.25) is 0 Å². The molecule has 19 heavy (non-hydrogen) atoms. The van der Waals surface area contributed by atoms with E-state index in [1.54, 1.807) is 0 Å². The lowest BCUT2D eigenvalue weighted by atomic mass is 9.95. The molecule has 1 aliphatic heterocycles. The average Bonchev–Trinajstić information content (AvgIpc) is 2.63. The largest absolute Gasteiger partial charge is 0.393 e. The summed E-state index contributed by atoms with van der Waals surface area (Å²) >= 11 is 0. The molecule has 0 amide bonds. The third-order valence-corrected chi connectivity index (χ3v) is 4.36. The molecule has 1 aromatic heterocycles. The fourth-order valence-electron chi connectivity index (χ4n) is 3.19. The van der Waals surface area contributed by atoms with E-state index in [-0.39, 0.29) is 6.10 Å². The third-order valence-electron chi connectivity index (χ3n) is 4.36. The van der Waals surface area contributed by atoms with E-state index in [1.165, 1.54) is 24.1 Å². The van der Waals surface area contributed by atoms with Crippen molar-refractivity contribution < 1.29 is 5.11 Å². The van der Waals surface area contributed by atoms with Gasteiger partial charge in [0.05, 0.1) is 6.10 Å². The molecule has 2 heterocycles. The minimum atomic E-state index is -0.149. The first kappa shape index (κ1) is 12.9. The molecule has 1 unspecified atom stereocenters. The molecule has 1 aliphatic carbocycles. The first-order valence-corrected chi connectivity index (χ1v) is 7.53. The third kappa shape index (κ3) is 2.73. The van der Waals surface area contributed by atoms with E-state index < -0.39 is 0 Å². The van der Waals surface area contributed by atoms with Crippen LogP contribution in [0.3, 0.4) is 0 Å². The van der Waals surface area contributed by atoms with Gasteiger partial charge in [-0.2, -0.15) is 0 Å². The van der Waals surface area contributed by atoms with Gasteiger partial charge in [0.25, 0.3) is 0 Å². The maximum Gasteiger partial charge on any atom is 0.225 e. The van der Waals surface area contributed by atoms with Crippen LogP contribution in [-0.2, 0) is 12.8 Å². The second-order valence-electron chi connectivity index (χ2n) is 5.81. The van der Waals surface area contributed by atoms with Crippen LogP contribution in [0.4, 0.5) is 5.95 Å². The molecule has 1 N–H and O–H groups in total. The zero-order valence-corrected chi connectivity index (χ0v) is 11.7. The van der Waals surface area contributed by atoms with Gasteiger partial charge in [-0.3, -0.25) is 0 Å². The molecule has 0 radical (unpaired) electrons. The van der Waals surface area contributed by atoms with Crippen molar-refractivity contribution in [3.8, 4) is 0 Å². The van der Waals surface area contributed by atoms with E-state index in [4.69, 9.17) is 9.97 Å². The normalized spacial score (nSPS) is 23.9. The summed E-state index contributed by atoms with van der Waals surface area (Å²) in [6, 6.07) is 0. The minimum Gasteiger partial charge on any atom is -0.393 e. The number of aliphatic hydroxyl groups is 1. The van der Waals surface area contributed by atoms with Gasteiger partial charge >= 0.3 is 0 Å². The summed E-state index contributed by atoms with van der Waals surface area (Å²) < 4.78 is 0. The molecule has 0 spiro atoms. The first-order chi connectivity index (χ1) is 9.24. The summed E-state index contributed by atoms with van der Waals surface area (Å²) in [5.41, 5.74) is 3.80. The zero-order valence-electron chi connectivity index (χ0n) is 11.7. The van der Waals surface area contributed by atoms with Crippen LogP contribution >= 0.6 is 0 Å². The number of hydrogen-bond acceptors (Lipinski definition) is 4. The molecule has 4 heteroatoms. The predicted molar refractivity (Wildman–Crippen MR) is 75.5 cm³/mol. The fourth-order valence-corrected chi connectivity index (χ4v) is 3.19. The summed E-state index contributed by atoms with van der Waals surface area (Å²) in [6.45, 7) is 3.96. The Balaban J connectivity index is 1.86. The molecule has 1 saturated heterocycles. The Morgan fingerprint density at radius 1 is 1.05 bits per heavy atom. The minimum absolute atomic E-state index is 0.149. The highest BCUT2D eigenvalue weighted by molar-refractivity contribution is 5.38. The quantitative estimate of drug-likeness (QED) is 0.840. The maximum absolute atomic E-state index is 9.73. The van der Waals surface area contributed by atoms with E-state index >= 15 is 0 Å². The molecule has 3 rings (SSSR count). The van der Waals surface area contributed by atoms with E-state index in [0.717, 1.165) is 56.8 Å². The van der Waals surface area contributed by atoms with Gasteiger partial charge in [-0.1, -0.05) is 0 Å². The molecule has 0 bridgehead atoms. The van der Waals surface area contributed by atoms with Crippen LogP contribution in [0.5, 0.6) is 0 Å². The van der Waals surface area contributed by atoms with Crippen molar-refractivity contribution in [2.24, 2.45) is 0 Å². The number of aryl methyl sites for hydroxylation is 2. The number of fused-ring (bicyclic) bond motifs is 1. The summed E-state index contributed by atoms with van der Waals surface area (Å²) in [7, 11) is 0. The summed E-state index contributed by atoms with van der Waals surface area (Å²) in [5.74, 6) is 0.882.